The van der Waals surface area contributed by atoms with Crippen molar-refractivity contribution in [3.05, 3.63) is 0 Å². The first-order valence-electron chi connectivity index (χ1n) is 20.1. The zero-order valence-electron chi connectivity index (χ0n) is 37.6. The number of amides is 6. The first-order valence-corrected chi connectivity index (χ1v) is 20.1. The van der Waals surface area contributed by atoms with E-state index in [1.807, 2.05) is 34.6 Å². The lowest BCUT2D eigenvalue weighted by molar-refractivity contribution is -0.412. The van der Waals surface area contributed by atoms with Gasteiger partial charge in [-0.2, -0.15) is 13.2 Å². The van der Waals surface area contributed by atoms with Crippen molar-refractivity contribution in [3.8, 4) is 0 Å². The van der Waals surface area contributed by atoms with Crippen LogP contribution in [0.3, 0.4) is 0 Å². The van der Waals surface area contributed by atoms with Gasteiger partial charge in [0.1, 0.15) is 12.0 Å². The van der Waals surface area contributed by atoms with Gasteiger partial charge in [0, 0.05) is 68.7 Å². The summed E-state index contributed by atoms with van der Waals surface area (Å²) >= 11 is 0. The molecule has 0 aliphatic rings. The second-order valence-electron chi connectivity index (χ2n) is 15.7. The smallest absolute Gasteiger partial charge is 0.430 e. The molecule has 0 unspecified atom stereocenters. The molecule has 0 rings (SSSR count). The summed E-state index contributed by atoms with van der Waals surface area (Å²) in [5.74, 6) is -7.91. The van der Waals surface area contributed by atoms with Crippen LogP contribution in [0.4, 0.5) is 13.2 Å². The van der Waals surface area contributed by atoms with Gasteiger partial charge in [-0.3, -0.25) is 38.4 Å². The molecule has 0 radical (unpaired) electrons. The number of rotatable bonds is 26. The maximum Gasteiger partial charge on any atom is 0.430 e. The van der Waals surface area contributed by atoms with Crippen LogP contribution in [-0.4, -0.2) is 129 Å². The fourth-order valence-electron chi connectivity index (χ4n) is 5.45. The highest BCUT2D eigenvalue weighted by Gasteiger charge is 2.30. The number of carbonyl (C=O) groups excluding carboxylic acids is 10. The van der Waals surface area contributed by atoms with E-state index >= 15 is 0 Å². The number of methoxy groups -OCH3 is 3. The maximum atomic E-state index is 13.2. The summed E-state index contributed by atoms with van der Waals surface area (Å²) in [7, 11) is 3.49. The molecule has 0 heterocycles. The van der Waals surface area contributed by atoms with E-state index in [9.17, 15) is 56.3 Å². The van der Waals surface area contributed by atoms with Crippen LogP contribution < -0.4 is 42.7 Å². The molecule has 9 N–H and O–H groups in total. The SMILES string of the molecule is COC(=O)CC[C@@H](CC(=O)N[C@H](CC(=O)N[C@@H](C)CC(=O)N[C@@H](C)CC(=O)N[C@H](CC(=O)OC)C(=O)OC)C(C)C)NC(=O)C[C@@H](NC(=O)C[C@H](C)[NH3+])C(C)C.O=C([O-])C(F)(F)F. The Morgan fingerprint density at radius 1 is 0.524 bits per heavy atom. The van der Waals surface area contributed by atoms with E-state index in [2.05, 4.69) is 47.1 Å². The molecule has 0 saturated carbocycles. The number of carbonyl (C=O) groups is 10. The Hall–Kier alpha value is -5.55. The van der Waals surface area contributed by atoms with Gasteiger partial charge < -0.3 is 61.7 Å². The molecule has 0 aromatic carbocycles. The molecule has 63 heavy (non-hydrogen) atoms. The number of halogens is 3. The lowest BCUT2D eigenvalue weighted by atomic mass is 9.98. The van der Waals surface area contributed by atoms with Crippen molar-refractivity contribution in [2.45, 2.75) is 155 Å². The molecule has 0 aliphatic carbocycles. The Morgan fingerprint density at radius 3 is 1.29 bits per heavy atom. The van der Waals surface area contributed by atoms with E-state index in [1.54, 1.807) is 13.8 Å². The maximum absolute atomic E-state index is 13.2. The highest BCUT2D eigenvalue weighted by atomic mass is 19.4. The molecule has 21 nitrogen and oxygen atoms in total. The van der Waals surface area contributed by atoms with Crippen LogP contribution in [0.15, 0.2) is 0 Å². The Bertz CT molecular complexity index is 1550. The Kier molecular flexibility index (Phi) is 28.8. The molecule has 0 aromatic rings. The summed E-state index contributed by atoms with van der Waals surface area (Å²) < 4.78 is 45.4. The molecule has 0 fully saturated rings. The zero-order valence-corrected chi connectivity index (χ0v) is 37.6. The van der Waals surface area contributed by atoms with Gasteiger partial charge in [0.2, 0.25) is 35.4 Å². The van der Waals surface area contributed by atoms with Gasteiger partial charge in [0.15, 0.2) is 0 Å². The third-order valence-corrected chi connectivity index (χ3v) is 8.82. The van der Waals surface area contributed by atoms with Crippen LogP contribution in [0, 0.1) is 11.8 Å². The van der Waals surface area contributed by atoms with Gasteiger partial charge in [0.05, 0.1) is 40.2 Å². The number of alkyl halides is 3. The molecule has 24 heteroatoms. The van der Waals surface area contributed by atoms with Crippen molar-refractivity contribution >= 4 is 59.3 Å². The van der Waals surface area contributed by atoms with E-state index in [4.69, 9.17) is 14.6 Å². The van der Waals surface area contributed by atoms with Gasteiger partial charge in [-0.05, 0) is 39.0 Å². The second-order valence-corrected chi connectivity index (χ2v) is 15.7. The van der Waals surface area contributed by atoms with Crippen LogP contribution in [0.1, 0.15) is 106 Å². The molecule has 0 bridgehead atoms. The zero-order chi connectivity index (χ0) is 49.2. The van der Waals surface area contributed by atoms with E-state index in [-0.39, 0.29) is 75.2 Å². The third-order valence-electron chi connectivity index (χ3n) is 8.82. The van der Waals surface area contributed by atoms with Gasteiger partial charge in [-0.1, -0.05) is 27.7 Å². The van der Waals surface area contributed by atoms with Gasteiger partial charge in [-0.25, -0.2) is 4.79 Å². The highest BCUT2D eigenvalue weighted by Crippen LogP contribution is 2.13. The minimum absolute atomic E-state index is 0.0412. The minimum atomic E-state index is -5.19. The number of hydrogen-bond acceptors (Lipinski definition) is 14. The molecule has 0 aromatic heterocycles. The number of aliphatic carboxylic acids is 1. The summed E-state index contributed by atoms with van der Waals surface area (Å²) in [6, 6.07) is -4.44. The molecule has 6 amide bonds. The van der Waals surface area contributed by atoms with E-state index in [1.165, 1.54) is 7.11 Å². The van der Waals surface area contributed by atoms with E-state index in [0.29, 0.717) is 0 Å². The Morgan fingerprint density at radius 2 is 0.905 bits per heavy atom. The quantitative estimate of drug-likeness (QED) is 0.0373. The molecule has 0 aliphatic heterocycles. The Balaban J connectivity index is 0. The van der Waals surface area contributed by atoms with E-state index in [0.717, 1.165) is 14.2 Å². The third kappa shape index (κ3) is 29.4. The standard InChI is InChI=1S/C37H65N7O12.C2HF3O2/c1-20(2)26(17-33(49)40-23(6)14-30(46)39-24(7)15-31(47)44-28(37(53)56-10)19-36(52)55-9)43-32(48)16-25(11-12-35(51)54-8)41-34(50)18-27(21(3)4)42-29(45)13-22(5)38;3-2(4,5)1(6)7/h20-28H,11-19,38H2,1-10H3,(H,39,46)(H,40,49)(H,41,50)(H,42,45)(H,43,48)(H,44,47);(H,6,7)/t22-,23-,24-,25-,26+,27+,28+;/m0./s1. The second kappa shape index (κ2) is 30.5. The van der Waals surface area contributed by atoms with Crippen LogP contribution in [0.2, 0.25) is 0 Å². The average molecular weight is 914 g/mol. The topological polar surface area (TPSA) is 321 Å². The molecule has 0 spiro atoms. The monoisotopic (exact) mass is 913 g/mol. The first kappa shape index (κ1) is 59.5. The number of ether oxygens (including phenoxy) is 3. The van der Waals surface area contributed by atoms with Crippen molar-refractivity contribution in [1.82, 2.24) is 31.9 Å². The summed E-state index contributed by atoms with van der Waals surface area (Å²) in [6.07, 6.45) is -6.03. The van der Waals surface area contributed by atoms with Crippen molar-refractivity contribution < 1.29 is 86.2 Å². The number of nitrogens with one attached hydrogen (secondary N) is 6. The van der Waals surface area contributed by atoms with Gasteiger partial charge in [0.25, 0.3) is 0 Å². The Labute approximate surface area is 364 Å². The molecule has 0 saturated heterocycles. The van der Waals surface area contributed by atoms with Crippen LogP contribution in [0.5, 0.6) is 0 Å². The lowest BCUT2D eigenvalue weighted by Gasteiger charge is -2.26. The van der Waals surface area contributed by atoms with Crippen molar-refractivity contribution in [2.75, 3.05) is 21.3 Å². The van der Waals surface area contributed by atoms with Crippen LogP contribution >= 0.6 is 0 Å². The number of hydrogen-bond donors (Lipinski definition) is 7. The molecule has 7 atom stereocenters. The average Bonchev–Trinajstić information content (AvgIpc) is 3.14. The number of quaternary nitrogens is 1. The summed E-state index contributed by atoms with van der Waals surface area (Å²) in [6.45, 7) is 12.4. The summed E-state index contributed by atoms with van der Waals surface area (Å²) in [5.41, 5.74) is 3.82. The number of esters is 3. The molecular formula is C39H66F3N7O14. The fraction of sp³-hybridized carbons (Fsp3) is 0.744. The molecular weight excluding hydrogens is 847 g/mol. The highest BCUT2D eigenvalue weighted by molar-refractivity contribution is 5.89. The summed E-state index contributed by atoms with van der Waals surface area (Å²) in [5, 5.41) is 25.1. The summed E-state index contributed by atoms with van der Waals surface area (Å²) in [4.78, 5) is 121. The minimum Gasteiger partial charge on any atom is -0.542 e. The van der Waals surface area contributed by atoms with Crippen molar-refractivity contribution in [1.29, 1.82) is 0 Å². The van der Waals surface area contributed by atoms with E-state index < -0.39 is 102 Å². The first-order chi connectivity index (χ1) is 29.0. The number of carboxylic acid groups (broad SMARTS) is 1. The fourth-order valence-corrected chi connectivity index (χ4v) is 5.45. The lowest BCUT2D eigenvalue weighted by Crippen LogP contribution is -2.60. The van der Waals surface area contributed by atoms with Crippen molar-refractivity contribution in [2.24, 2.45) is 11.8 Å². The molecule has 362 valence electrons. The van der Waals surface area contributed by atoms with Crippen molar-refractivity contribution in [3.63, 3.8) is 0 Å². The van der Waals surface area contributed by atoms with Gasteiger partial charge >= 0.3 is 24.1 Å². The van der Waals surface area contributed by atoms with Crippen LogP contribution in [-0.2, 0) is 62.2 Å². The predicted molar refractivity (Wildman–Crippen MR) is 214 cm³/mol. The van der Waals surface area contributed by atoms with Gasteiger partial charge in [-0.15, -0.1) is 0 Å². The normalized spacial score (nSPS) is 14.3. The predicted octanol–water partition coefficient (Wildman–Crippen LogP) is -1.79. The largest absolute Gasteiger partial charge is 0.542 e. The number of carboxylic acids is 1. The van der Waals surface area contributed by atoms with Crippen LogP contribution in [0.25, 0.3) is 0 Å².